The molecule has 0 spiro atoms. The topological polar surface area (TPSA) is 84.8 Å². The molecule has 0 aliphatic rings. The van der Waals surface area contributed by atoms with E-state index in [0.717, 1.165) is 17.7 Å². The monoisotopic (exact) mass is 357 g/mol. The molecule has 1 N–H and O–H groups in total. The van der Waals surface area contributed by atoms with Crippen LogP contribution in [0, 0.1) is 19.8 Å². The lowest BCUT2D eigenvalue weighted by molar-refractivity contribution is 0.102. The van der Waals surface area contributed by atoms with Crippen molar-refractivity contribution in [2.75, 3.05) is 0 Å². The fourth-order valence-corrected chi connectivity index (χ4v) is 3.05. The number of nitrogens with one attached hydrogen (secondary N) is 1. The minimum atomic E-state index is -0.548. The van der Waals surface area contributed by atoms with Crippen molar-refractivity contribution in [2.45, 2.75) is 60.4 Å². The highest BCUT2D eigenvalue weighted by atomic mass is 16.2. The van der Waals surface area contributed by atoms with E-state index in [0.29, 0.717) is 18.0 Å². The van der Waals surface area contributed by atoms with Crippen LogP contribution < -0.4 is 11.2 Å². The Morgan fingerprint density at radius 1 is 1.15 bits per heavy atom. The number of aryl methyl sites for hydroxylation is 2. The van der Waals surface area contributed by atoms with Crippen molar-refractivity contribution in [1.29, 1.82) is 0 Å². The van der Waals surface area contributed by atoms with E-state index in [4.69, 9.17) is 0 Å². The largest absolute Gasteiger partial charge is 0.328 e. The van der Waals surface area contributed by atoms with Gasteiger partial charge in [0.2, 0.25) is 5.78 Å². The number of ketones is 1. The van der Waals surface area contributed by atoms with Crippen LogP contribution in [0.15, 0.2) is 21.7 Å². The Kier molecular flexibility index (Phi) is 5.95. The first-order chi connectivity index (χ1) is 12.1. The van der Waals surface area contributed by atoms with E-state index in [1.807, 2.05) is 47.6 Å². The first kappa shape index (κ1) is 19.8. The van der Waals surface area contributed by atoms with E-state index in [-0.39, 0.29) is 23.1 Å². The zero-order chi connectivity index (χ0) is 19.6. The molecule has 0 atom stereocenters. The summed E-state index contributed by atoms with van der Waals surface area (Å²) in [6, 6.07) is 3.57. The van der Waals surface area contributed by atoms with Gasteiger partial charge in [0.25, 0.3) is 5.56 Å². The molecule has 140 valence electrons. The molecule has 6 heteroatoms. The Morgan fingerprint density at radius 2 is 1.81 bits per heavy atom. The quantitative estimate of drug-likeness (QED) is 0.806. The van der Waals surface area contributed by atoms with Gasteiger partial charge in [-0.3, -0.25) is 19.1 Å². The fourth-order valence-electron chi connectivity index (χ4n) is 3.05. The van der Waals surface area contributed by atoms with Gasteiger partial charge in [-0.15, -0.1) is 0 Å². The van der Waals surface area contributed by atoms with Crippen LogP contribution in [-0.2, 0) is 6.54 Å². The van der Waals surface area contributed by atoms with Crippen molar-refractivity contribution in [3.8, 4) is 0 Å². The summed E-state index contributed by atoms with van der Waals surface area (Å²) in [5.74, 6) is -0.222. The van der Waals surface area contributed by atoms with Gasteiger partial charge >= 0.3 is 5.69 Å². The molecule has 0 saturated carbocycles. The van der Waals surface area contributed by atoms with Gasteiger partial charge in [0.05, 0.1) is 0 Å². The first-order valence-corrected chi connectivity index (χ1v) is 8.98. The maximum Gasteiger partial charge on any atom is 0.328 e. The van der Waals surface area contributed by atoms with Crippen LogP contribution in [0.5, 0.6) is 0 Å². The smallest absolute Gasteiger partial charge is 0.290 e. The van der Waals surface area contributed by atoms with Crippen LogP contribution in [0.1, 0.15) is 73.0 Å². The van der Waals surface area contributed by atoms with Gasteiger partial charge in [-0.05, 0) is 49.8 Å². The predicted molar refractivity (Wildman–Crippen MR) is 102 cm³/mol. The summed E-state index contributed by atoms with van der Waals surface area (Å²) < 4.78 is 1.40. The zero-order valence-corrected chi connectivity index (χ0v) is 16.3. The number of hydrogen-bond acceptors (Lipinski definition) is 4. The maximum atomic E-state index is 13.3. The van der Waals surface area contributed by atoms with Gasteiger partial charge in [-0.25, -0.2) is 9.78 Å². The van der Waals surface area contributed by atoms with E-state index in [1.165, 1.54) is 4.57 Å². The maximum absolute atomic E-state index is 13.3. The molecule has 2 heterocycles. The SMILES string of the molecule is Cc1cc(C)nc(C(=O)c2c(C(C)C)c(=O)[nH]c(=O)n2CCC(C)C)c1. The van der Waals surface area contributed by atoms with Crippen LogP contribution in [0.3, 0.4) is 0 Å². The number of rotatable bonds is 6. The van der Waals surface area contributed by atoms with Crippen molar-refractivity contribution < 1.29 is 4.79 Å². The molecule has 26 heavy (non-hydrogen) atoms. The Labute approximate surface area is 153 Å². The van der Waals surface area contributed by atoms with Crippen molar-refractivity contribution in [2.24, 2.45) is 5.92 Å². The lowest BCUT2D eigenvalue weighted by Crippen LogP contribution is -2.38. The summed E-state index contributed by atoms with van der Waals surface area (Å²) in [5, 5.41) is 0. The van der Waals surface area contributed by atoms with E-state index in [1.54, 1.807) is 6.07 Å². The summed E-state index contributed by atoms with van der Waals surface area (Å²) in [6.07, 6.45) is 0.726. The molecule has 0 fully saturated rings. The zero-order valence-electron chi connectivity index (χ0n) is 16.3. The number of hydrogen-bond donors (Lipinski definition) is 1. The van der Waals surface area contributed by atoms with Gasteiger partial charge < -0.3 is 0 Å². The molecule has 6 nitrogen and oxygen atoms in total. The number of carbonyl (C=O) groups is 1. The Bertz CT molecular complexity index is 916. The van der Waals surface area contributed by atoms with Gasteiger partial charge in [0, 0.05) is 17.8 Å². The summed E-state index contributed by atoms with van der Waals surface area (Å²) >= 11 is 0. The number of carbonyl (C=O) groups excluding carboxylic acids is 1. The highest BCUT2D eigenvalue weighted by Gasteiger charge is 2.25. The average molecular weight is 357 g/mol. The number of pyridine rings is 1. The third-order valence-corrected chi connectivity index (χ3v) is 4.29. The number of aromatic amines is 1. The molecule has 0 bridgehead atoms. The summed E-state index contributed by atoms with van der Waals surface area (Å²) in [5.41, 5.74) is 1.33. The number of H-pyrrole nitrogens is 1. The molecule has 0 aromatic carbocycles. The van der Waals surface area contributed by atoms with Gasteiger partial charge in [0.1, 0.15) is 11.4 Å². The summed E-state index contributed by atoms with van der Waals surface area (Å²) in [6.45, 7) is 11.9. The second-order valence-corrected chi connectivity index (χ2v) is 7.51. The molecule has 0 aliphatic carbocycles. The second kappa shape index (κ2) is 7.81. The van der Waals surface area contributed by atoms with Crippen molar-refractivity contribution in [1.82, 2.24) is 14.5 Å². The highest BCUT2D eigenvalue weighted by molar-refractivity contribution is 6.07. The van der Waals surface area contributed by atoms with E-state index >= 15 is 0 Å². The molecule has 0 aliphatic heterocycles. The molecule has 0 amide bonds. The molecular formula is C20H27N3O3. The van der Waals surface area contributed by atoms with E-state index in [2.05, 4.69) is 9.97 Å². The lowest BCUT2D eigenvalue weighted by atomic mass is 9.98. The fraction of sp³-hybridized carbons (Fsp3) is 0.500. The van der Waals surface area contributed by atoms with Crippen LogP contribution >= 0.6 is 0 Å². The molecule has 2 aromatic rings. The van der Waals surface area contributed by atoms with Crippen molar-refractivity contribution >= 4 is 5.78 Å². The molecule has 0 saturated heterocycles. The van der Waals surface area contributed by atoms with Crippen molar-refractivity contribution in [3.05, 3.63) is 61.2 Å². The van der Waals surface area contributed by atoms with Crippen LogP contribution in [0.4, 0.5) is 0 Å². The standard InChI is InChI=1S/C20H27N3O3/c1-11(2)7-8-23-17(16(12(3)4)19(25)22-20(23)26)18(24)15-10-13(5)9-14(6)21-15/h9-12H,7-8H2,1-6H3,(H,22,25,26). The average Bonchev–Trinajstić information content (AvgIpc) is 2.50. The summed E-state index contributed by atoms with van der Waals surface area (Å²) in [4.78, 5) is 44.8. The van der Waals surface area contributed by atoms with Crippen LogP contribution in [0.25, 0.3) is 0 Å². The number of nitrogens with zero attached hydrogens (tertiary/aromatic N) is 2. The molecular weight excluding hydrogens is 330 g/mol. The molecule has 2 aromatic heterocycles. The molecule has 0 radical (unpaired) electrons. The Morgan fingerprint density at radius 3 is 2.35 bits per heavy atom. The normalized spacial score (nSPS) is 11.4. The first-order valence-electron chi connectivity index (χ1n) is 8.98. The van der Waals surface area contributed by atoms with Gasteiger partial charge in [-0.1, -0.05) is 27.7 Å². The van der Waals surface area contributed by atoms with E-state index < -0.39 is 11.2 Å². The highest BCUT2D eigenvalue weighted by Crippen LogP contribution is 2.19. The predicted octanol–water partition coefficient (Wildman–Crippen LogP) is 2.95. The minimum Gasteiger partial charge on any atom is -0.290 e. The molecule has 0 unspecified atom stereocenters. The molecule has 2 rings (SSSR count). The van der Waals surface area contributed by atoms with Crippen molar-refractivity contribution in [3.63, 3.8) is 0 Å². The minimum absolute atomic E-state index is 0.159. The Balaban J connectivity index is 2.75. The second-order valence-electron chi connectivity index (χ2n) is 7.51. The van der Waals surface area contributed by atoms with E-state index in [9.17, 15) is 14.4 Å². The van der Waals surface area contributed by atoms with Crippen LogP contribution in [0.2, 0.25) is 0 Å². The third kappa shape index (κ3) is 4.18. The third-order valence-electron chi connectivity index (χ3n) is 4.29. The number of aromatic nitrogens is 3. The van der Waals surface area contributed by atoms with Gasteiger partial charge in [0.15, 0.2) is 0 Å². The lowest BCUT2D eigenvalue weighted by Gasteiger charge is -2.18. The van der Waals surface area contributed by atoms with Crippen LogP contribution in [-0.4, -0.2) is 20.3 Å². The Hall–Kier alpha value is -2.50. The van der Waals surface area contributed by atoms with Gasteiger partial charge in [-0.2, -0.15) is 0 Å². The summed E-state index contributed by atoms with van der Waals surface area (Å²) in [7, 11) is 0.